The van der Waals surface area contributed by atoms with Crippen LogP contribution in [0.3, 0.4) is 0 Å². The molecule has 4 rings (SSSR count). The SMILES string of the molecule is Cc1nc(CSc2nnc(-c3ccccc3Cl)n2C2CCCC2)cs1. The van der Waals surface area contributed by atoms with E-state index < -0.39 is 0 Å². The van der Waals surface area contributed by atoms with E-state index in [1.807, 2.05) is 31.2 Å². The number of aryl methyl sites for hydroxylation is 1. The van der Waals surface area contributed by atoms with Crippen molar-refractivity contribution in [1.29, 1.82) is 0 Å². The largest absolute Gasteiger partial charge is 0.299 e. The molecule has 3 aromatic rings. The van der Waals surface area contributed by atoms with E-state index in [1.54, 1.807) is 23.1 Å². The first-order chi connectivity index (χ1) is 12.2. The molecule has 4 nitrogen and oxygen atoms in total. The monoisotopic (exact) mass is 390 g/mol. The van der Waals surface area contributed by atoms with Crippen molar-refractivity contribution < 1.29 is 0 Å². The van der Waals surface area contributed by atoms with Gasteiger partial charge in [-0.2, -0.15) is 0 Å². The second kappa shape index (κ2) is 7.48. The zero-order valence-corrected chi connectivity index (χ0v) is 16.4. The molecule has 0 N–H and O–H groups in total. The van der Waals surface area contributed by atoms with Gasteiger partial charge in [-0.1, -0.05) is 48.3 Å². The first kappa shape index (κ1) is 17.1. The third kappa shape index (κ3) is 3.61. The summed E-state index contributed by atoms with van der Waals surface area (Å²) >= 11 is 9.83. The molecule has 1 aliphatic rings. The van der Waals surface area contributed by atoms with Gasteiger partial charge in [-0.15, -0.1) is 21.5 Å². The minimum Gasteiger partial charge on any atom is -0.299 e. The zero-order chi connectivity index (χ0) is 17.2. The molecule has 0 spiro atoms. The lowest BCUT2D eigenvalue weighted by Gasteiger charge is -2.17. The number of benzene rings is 1. The van der Waals surface area contributed by atoms with Crippen molar-refractivity contribution in [3.05, 3.63) is 45.4 Å². The highest BCUT2D eigenvalue weighted by atomic mass is 35.5. The Morgan fingerprint density at radius 1 is 1.24 bits per heavy atom. The predicted molar refractivity (Wildman–Crippen MR) is 104 cm³/mol. The van der Waals surface area contributed by atoms with Crippen LogP contribution in [0.5, 0.6) is 0 Å². The molecule has 0 saturated heterocycles. The van der Waals surface area contributed by atoms with Crippen molar-refractivity contribution in [2.24, 2.45) is 0 Å². The standard InChI is InChI=1S/C18H19ClN4S2/c1-12-20-13(10-24-12)11-25-18-22-21-17(15-8-4-5-9-16(15)19)23(18)14-6-2-3-7-14/h4-5,8-10,14H,2-3,6-7,11H2,1H3. The quantitative estimate of drug-likeness (QED) is 0.518. The molecular formula is C18H19ClN4S2. The van der Waals surface area contributed by atoms with Gasteiger partial charge in [-0.05, 0) is 31.9 Å². The molecule has 0 radical (unpaired) electrons. The maximum Gasteiger partial charge on any atom is 0.192 e. The Bertz CT molecular complexity index is 868. The summed E-state index contributed by atoms with van der Waals surface area (Å²) < 4.78 is 2.30. The van der Waals surface area contributed by atoms with Gasteiger partial charge in [0, 0.05) is 22.7 Å². The minimum absolute atomic E-state index is 0.459. The molecule has 0 amide bonds. The highest BCUT2D eigenvalue weighted by molar-refractivity contribution is 7.98. The lowest BCUT2D eigenvalue weighted by molar-refractivity contribution is 0.485. The number of thioether (sulfide) groups is 1. The molecule has 2 aromatic heterocycles. The van der Waals surface area contributed by atoms with E-state index in [0.717, 1.165) is 38.0 Å². The maximum atomic E-state index is 6.43. The van der Waals surface area contributed by atoms with Gasteiger partial charge in [0.05, 0.1) is 15.7 Å². The molecule has 0 atom stereocenters. The Balaban J connectivity index is 1.68. The lowest BCUT2D eigenvalue weighted by Crippen LogP contribution is -2.08. The molecule has 0 unspecified atom stereocenters. The van der Waals surface area contributed by atoms with Gasteiger partial charge in [-0.25, -0.2) is 4.98 Å². The number of hydrogen-bond donors (Lipinski definition) is 0. The molecule has 1 fully saturated rings. The second-order valence-electron chi connectivity index (χ2n) is 6.24. The van der Waals surface area contributed by atoms with Gasteiger partial charge in [0.2, 0.25) is 0 Å². The van der Waals surface area contributed by atoms with Crippen molar-refractivity contribution in [2.75, 3.05) is 0 Å². The Morgan fingerprint density at radius 3 is 2.76 bits per heavy atom. The van der Waals surface area contributed by atoms with E-state index in [-0.39, 0.29) is 0 Å². The number of rotatable bonds is 5. The first-order valence-corrected chi connectivity index (χ1v) is 10.7. The smallest absolute Gasteiger partial charge is 0.192 e. The van der Waals surface area contributed by atoms with E-state index in [2.05, 4.69) is 25.1 Å². The van der Waals surface area contributed by atoms with E-state index in [9.17, 15) is 0 Å². The summed E-state index contributed by atoms with van der Waals surface area (Å²) in [7, 11) is 0. The predicted octanol–water partition coefficient (Wildman–Crippen LogP) is 5.77. The Hall–Kier alpha value is -1.37. The van der Waals surface area contributed by atoms with Gasteiger partial charge in [-0.3, -0.25) is 4.57 Å². The van der Waals surface area contributed by atoms with Crippen LogP contribution >= 0.6 is 34.7 Å². The fourth-order valence-corrected chi connectivity index (χ4v) is 5.14. The fourth-order valence-electron chi connectivity index (χ4n) is 3.31. The van der Waals surface area contributed by atoms with Crippen molar-refractivity contribution in [3.63, 3.8) is 0 Å². The van der Waals surface area contributed by atoms with E-state index >= 15 is 0 Å². The number of halogens is 1. The summed E-state index contributed by atoms with van der Waals surface area (Å²) in [5, 5.41) is 13.9. The van der Waals surface area contributed by atoms with E-state index in [0.29, 0.717) is 6.04 Å². The summed E-state index contributed by atoms with van der Waals surface area (Å²) in [4.78, 5) is 4.55. The van der Waals surface area contributed by atoms with Crippen molar-refractivity contribution >= 4 is 34.7 Å². The summed E-state index contributed by atoms with van der Waals surface area (Å²) in [5.41, 5.74) is 2.06. The fraction of sp³-hybridized carbons (Fsp3) is 0.389. The van der Waals surface area contributed by atoms with Gasteiger partial charge in [0.25, 0.3) is 0 Å². The lowest BCUT2D eigenvalue weighted by atomic mass is 10.2. The molecule has 7 heteroatoms. The summed E-state index contributed by atoms with van der Waals surface area (Å²) in [5.74, 6) is 1.70. The molecular weight excluding hydrogens is 372 g/mol. The molecule has 1 saturated carbocycles. The maximum absolute atomic E-state index is 6.43. The Kier molecular flexibility index (Phi) is 5.10. The van der Waals surface area contributed by atoms with E-state index in [1.165, 1.54) is 25.7 Å². The van der Waals surface area contributed by atoms with Crippen LogP contribution in [-0.2, 0) is 5.75 Å². The van der Waals surface area contributed by atoms with Crippen molar-refractivity contribution in [1.82, 2.24) is 19.7 Å². The summed E-state index contributed by atoms with van der Waals surface area (Å²) in [6, 6.07) is 8.34. The number of thiazole rings is 1. The average molecular weight is 391 g/mol. The Labute approximate surface area is 160 Å². The molecule has 130 valence electrons. The van der Waals surface area contributed by atoms with Crippen LogP contribution in [0, 0.1) is 6.92 Å². The molecule has 1 aliphatic carbocycles. The van der Waals surface area contributed by atoms with Gasteiger partial charge in [0.15, 0.2) is 11.0 Å². The van der Waals surface area contributed by atoms with Gasteiger partial charge >= 0.3 is 0 Å². The number of hydrogen-bond acceptors (Lipinski definition) is 5. The third-order valence-corrected chi connectivity index (χ3v) is 6.61. The molecule has 0 bridgehead atoms. The molecule has 2 heterocycles. The summed E-state index contributed by atoms with van der Waals surface area (Å²) in [6.45, 7) is 2.04. The van der Waals surface area contributed by atoms with Crippen LogP contribution in [0.15, 0.2) is 34.8 Å². The normalized spacial score (nSPS) is 15.1. The van der Waals surface area contributed by atoms with Gasteiger partial charge in [0.1, 0.15) is 0 Å². The van der Waals surface area contributed by atoms with E-state index in [4.69, 9.17) is 11.6 Å². The van der Waals surface area contributed by atoms with Crippen LogP contribution in [0.4, 0.5) is 0 Å². The topological polar surface area (TPSA) is 43.6 Å². The van der Waals surface area contributed by atoms with Crippen LogP contribution in [0.2, 0.25) is 5.02 Å². The molecule has 0 aliphatic heterocycles. The molecule has 25 heavy (non-hydrogen) atoms. The summed E-state index contributed by atoms with van der Waals surface area (Å²) in [6.07, 6.45) is 4.89. The first-order valence-electron chi connectivity index (χ1n) is 8.46. The zero-order valence-electron chi connectivity index (χ0n) is 14.0. The minimum atomic E-state index is 0.459. The number of aromatic nitrogens is 4. The Morgan fingerprint density at radius 2 is 2.04 bits per heavy atom. The third-order valence-electron chi connectivity index (χ3n) is 4.48. The number of nitrogens with zero attached hydrogens (tertiary/aromatic N) is 4. The van der Waals surface area contributed by atoms with Crippen LogP contribution in [-0.4, -0.2) is 19.7 Å². The van der Waals surface area contributed by atoms with Gasteiger partial charge < -0.3 is 0 Å². The van der Waals surface area contributed by atoms with Crippen molar-refractivity contribution in [2.45, 2.75) is 49.6 Å². The van der Waals surface area contributed by atoms with Crippen LogP contribution in [0.1, 0.15) is 42.4 Å². The average Bonchev–Trinajstić information content (AvgIpc) is 3.33. The second-order valence-corrected chi connectivity index (χ2v) is 8.65. The van der Waals surface area contributed by atoms with Crippen LogP contribution in [0.25, 0.3) is 11.4 Å². The highest BCUT2D eigenvalue weighted by Gasteiger charge is 2.25. The highest BCUT2D eigenvalue weighted by Crippen LogP contribution is 2.38. The van der Waals surface area contributed by atoms with Crippen molar-refractivity contribution in [3.8, 4) is 11.4 Å². The van der Waals surface area contributed by atoms with Crippen LogP contribution < -0.4 is 0 Å². The molecule has 1 aromatic carbocycles.